The summed E-state index contributed by atoms with van der Waals surface area (Å²) >= 11 is 0. The first-order chi connectivity index (χ1) is 9.45. The van der Waals surface area contributed by atoms with Gasteiger partial charge in [-0.1, -0.05) is 0 Å². The second-order valence-electron chi connectivity index (χ2n) is 4.18. The van der Waals surface area contributed by atoms with Crippen LogP contribution in [0.4, 0.5) is 0 Å². The fourth-order valence-corrected chi connectivity index (χ4v) is 1.58. The Morgan fingerprint density at radius 1 is 1.50 bits per heavy atom. The highest BCUT2D eigenvalue weighted by Crippen LogP contribution is 2.05. The molecule has 1 aromatic rings. The Labute approximate surface area is 115 Å². The van der Waals surface area contributed by atoms with Crippen LogP contribution in [0.25, 0.3) is 0 Å². The molecule has 0 aliphatic carbocycles. The van der Waals surface area contributed by atoms with Crippen molar-refractivity contribution in [3.8, 4) is 0 Å². The first kappa shape index (κ1) is 15.6. The highest BCUT2D eigenvalue weighted by molar-refractivity contribution is 5.89. The van der Waals surface area contributed by atoms with Gasteiger partial charge in [0.25, 0.3) is 0 Å². The molecule has 1 rings (SSSR count). The molecular weight excluding hydrogens is 264 g/mol. The number of rotatable bonds is 7. The Balaban J connectivity index is 2.63. The third-order valence-corrected chi connectivity index (χ3v) is 2.78. The van der Waals surface area contributed by atoms with Gasteiger partial charge in [-0.2, -0.15) is 0 Å². The van der Waals surface area contributed by atoms with Crippen molar-refractivity contribution in [3.63, 3.8) is 0 Å². The highest BCUT2D eigenvalue weighted by Gasteiger charge is 2.25. The second kappa shape index (κ2) is 7.24. The third-order valence-electron chi connectivity index (χ3n) is 2.78. The maximum atomic E-state index is 11.9. The van der Waals surface area contributed by atoms with E-state index in [0.717, 1.165) is 0 Å². The number of aromatic amines is 1. The minimum Gasteiger partial charge on any atom is -0.368 e. The van der Waals surface area contributed by atoms with Crippen LogP contribution >= 0.6 is 0 Å². The molecule has 0 saturated heterocycles. The van der Waals surface area contributed by atoms with Crippen molar-refractivity contribution in [2.45, 2.75) is 12.5 Å². The van der Waals surface area contributed by atoms with E-state index in [-0.39, 0.29) is 19.5 Å². The predicted octanol–water partition coefficient (Wildman–Crippen LogP) is -2.66. The van der Waals surface area contributed by atoms with Crippen molar-refractivity contribution in [2.75, 3.05) is 20.1 Å². The smallest absolute Gasteiger partial charge is 0.242 e. The molecule has 0 aromatic carbocycles. The predicted molar refractivity (Wildman–Crippen MR) is 70.1 cm³/mol. The van der Waals surface area contributed by atoms with Crippen molar-refractivity contribution >= 4 is 17.7 Å². The molecule has 1 atom stereocenters. The first-order valence-electron chi connectivity index (χ1n) is 5.94. The average Bonchev–Trinajstić information content (AvgIpc) is 2.93. The van der Waals surface area contributed by atoms with Crippen LogP contribution < -0.4 is 16.8 Å². The van der Waals surface area contributed by atoms with Gasteiger partial charge in [-0.3, -0.25) is 14.4 Å². The second-order valence-corrected chi connectivity index (χ2v) is 4.18. The number of hydrogen-bond acceptors (Lipinski definition) is 5. The third kappa shape index (κ3) is 4.35. The summed E-state index contributed by atoms with van der Waals surface area (Å²) in [5.41, 5.74) is 11.1. The fourth-order valence-electron chi connectivity index (χ4n) is 1.58. The largest absolute Gasteiger partial charge is 0.368 e. The van der Waals surface area contributed by atoms with Crippen LogP contribution in [0.1, 0.15) is 5.69 Å². The van der Waals surface area contributed by atoms with Crippen LogP contribution in [0.2, 0.25) is 0 Å². The van der Waals surface area contributed by atoms with Crippen LogP contribution in [0, 0.1) is 0 Å². The van der Waals surface area contributed by atoms with E-state index in [2.05, 4.69) is 15.3 Å². The highest BCUT2D eigenvalue weighted by atomic mass is 16.2. The summed E-state index contributed by atoms with van der Waals surface area (Å²) in [7, 11) is 1.45. The number of carbonyl (C=O) groups excluding carboxylic acids is 3. The lowest BCUT2D eigenvalue weighted by atomic mass is 10.1. The van der Waals surface area contributed by atoms with Crippen LogP contribution in [0.5, 0.6) is 0 Å². The maximum absolute atomic E-state index is 11.9. The van der Waals surface area contributed by atoms with E-state index in [1.54, 1.807) is 6.20 Å². The minimum absolute atomic E-state index is 0.204. The number of imidazole rings is 1. The van der Waals surface area contributed by atoms with Gasteiger partial charge in [0.2, 0.25) is 17.7 Å². The lowest BCUT2D eigenvalue weighted by molar-refractivity contribution is -0.137. The zero-order valence-electron chi connectivity index (χ0n) is 11.1. The number of nitrogens with zero attached hydrogens (tertiary/aromatic N) is 2. The van der Waals surface area contributed by atoms with Gasteiger partial charge >= 0.3 is 0 Å². The SMILES string of the molecule is CN(C(=O)CNC(=O)CN)[C@H](Cc1cnc[nH]1)C(N)=O. The molecule has 0 saturated carbocycles. The number of hydrogen-bond donors (Lipinski definition) is 4. The molecule has 0 bridgehead atoms. The summed E-state index contributed by atoms with van der Waals surface area (Å²) in [6.07, 6.45) is 3.24. The molecule has 20 heavy (non-hydrogen) atoms. The van der Waals surface area contributed by atoms with Gasteiger partial charge in [-0.05, 0) is 0 Å². The van der Waals surface area contributed by atoms with Crippen LogP contribution in [0.3, 0.4) is 0 Å². The Hall–Kier alpha value is -2.42. The quantitative estimate of drug-likeness (QED) is 0.431. The van der Waals surface area contributed by atoms with Crippen molar-refractivity contribution in [2.24, 2.45) is 11.5 Å². The van der Waals surface area contributed by atoms with E-state index in [1.165, 1.54) is 18.3 Å². The Kier molecular flexibility index (Phi) is 5.66. The molecule has 0 fully saturated rings. The van der Waals surface area contributed by atoms with Gasteiger partial charge in [0.1, 0.15) is 6.04 Å². The molecule has 9 heteroatoms. The van der Waals surface area contributed by atoms with Gasteiger partial charge in [0.15, 0.2) is 0 Å². The van der Waals surface area contributed by atoms with Gasteiger partial charge in [0.05, 0.1) is 19.4 Å². The molecule has 0 spiro atoms. The summed E-state index contributed by atoms with van der Waals surface area (Å²) in [6.45, 7) is -0.441. The summed E-state index contributed by atoms with van der Waals surface area (Å²) in [4.78, 5) is 42.2. The molecule has 1 heterocycles. The first-order valence-corrected chi connectivity index (χ1v) is 5.94. The van der Waals surface area contributed by atoms with E-state index in [1.807, 2.05) is 0 Å². The molecule has 9 nitrogen and oxygen atoms in total. The standard InChI is InChI=1S/C11H18N6O3/c1-17(10(19)5-15-9(18)3-12)8(11(13)20)2-7-4-14-6-16-7/h4,6,8H,2-3,5,12H2,1H3,(H2,13,20)(H,14,16)(H,15,18)/t8-/m1/s1. The molecule has 110 valence electrons. The van der Waals surface area contributed by atoms with Crippen LogP contribution in [0.15, 0.2) is 12.5 Å². The van der Waals surface area contributed by atoms with E-state index in [4.69, 9.17) is 11.5 Å². The summed E-state index contributed by atoms with van der Waals surface area (Å²) < 4.78 is 0. The number of nitrogens with one attached hydrogen (secondary N) is 2. The number of nitrogens with two attached hydrogens (primary N) is 2. The zero-order chi connectivity index (χ0) is 15.1. The van der Waals surface area contributed by atoms with Gasteiger partial charge in [-0.25, -0.2) is 4.98 Å². The van der Waals surface area contributed by atoms with Crippen molar-refractivity contribution in [1.29, 1.82) is 0 Å². The summed E-state index contributed by atoms with van der Waals surface area (Å²) in [5.74, 6) is -1.52. The Morgan fingerprint density at radius 2 is 2.20 bits per heavy atom. The maximum Gasteiger partial charge on any atom is 0.242 e. The van der Waals surface area contributed by atoms with Gasteiger partial charge in [0, 0.05) is 25.4 Å². The summed E-state index contributed by atoms with van der Waals surface area (Å²) in [6, 6.07) is -0.822. The Bertz CT molecular complexity index is 473. The topological polar surface area (TPSA) is 147 Å². The number of amides is 3. The molecule has 1 aromatic heterocycles. The molecular formula is C11H18N6O3. The number of likely N-dealkylation sites (N-methyl/N-ethyl adjacent to an activating group) is 1. The molecule has 0 radical (unpaired) electrons. The lowest BCUT2D eigenvalue weighted by Gasteiger charge is -2.25. The molecule has 0 aliphatic rings. The van der Waals surface area contributed by atoms with Crippen molar-refractivity contribution in [1.82, 2.24) is 20.2 Å². The monoisotopic (exact) mass is 282 g/mol. The van der Waals surface area contributed by atoms with E-state index in [0.29, 0.717) is 5.69 Å². The van der Waals surface area contributed by atoms with Gasteiger partial charge in [-0.15, -0.1) is 0 Å². The minimum atomic E-state index is -0.822. The number of aromatic nitrogens is 2. The number of H-pyrrole nitrogens is 1. The molecule has 6 N–H and O–H groups in total. The number of primary amides is 1. The molecule has 3 amide bonds. The molecule has 0 unspecified atom stereocenters. The zero-order valence-corrected chi connectivity index (χ0v) is 11.1. The molecule has 0 aliphatic heterocycles. The van der Waals surface area contributed by atoms with E-state index >= 15 is 0 Å². The van der Waals surface area contributed by atoms with E-state index < -0.39 is 23.8 Å². The van der Waals surface area contributed by atoms with Crippen LogP contribution in [-0.4, -0.2) is 58.8 Å². The average molecular weight is 282 g/mol. The van der Waals surface area contributed by atoms with Crippen molar-refractivity contribution < 1.29 is 14.4 Å². The lowest BCUT2D eigenvalue weighted by Crippen LogP contribution is -2.50. The van der Waals surface area contributed by atoms with Crippen molar-refractivity contribution in [3.05, 3.63) is 18.2 Å². The van der Waals surface area contributed by atoms with E-state index in [9.17, 15) is 14.4 Å². The number of carbonyl (C=O) groups is 3. The van der Waals surface area contributed by atoms with Crippen LogP contribution in [-0.2, 0) is 20.8 Å². The van der Waals surface area contributed by atoms with Gasteiger partial charge < -0.3 is 26.7 Å². The normalized spacial score (nSPS) is 11.7. The Morgan fingerprint density at radius 3 is 2.70 bits per heavy atom. The summed E-state index contributed by atoms with van der Waals surface area (Å²) in [5, 5.41) is 2.34. The fraction of sp³-hybridized carbons (Fsp3) is 0.455.